The maximum atomic E-state index is 13.9. The van der Waals surface area contributed by atoms with Crippen molar-refractivity contribution in [3.05, 3.63) is 94.0 Å². The number of hydrogen-bond donors (Lipinski definition) is 0. The second kappa shape index (κ2) is 8.21. The van der Waals surface area contributed by atoms with Crippen LogP contribution in [-0.4, -0.2) is 35.6 Å². The van der Waals surface area contributed by atoms with E-state index in [1.54, 1.807) is 72.8 Å². The van der Waals surface area contributed by atoms with Gasteiger partial charge in [0.2, 0.25) is 29.0 Å². The van der Waals surface area contributed by atoms with Crippen LogP contribution in [0.25, 0.3) is 0 Å². The number of imide groups is 1. The van der Waals surface area contributed by atoms with E-state index in [1.165, 1.54) is 0 Å². The number of rotatable bonds is 4. The molecule has 180 valence electrons. The van der Waals surface area contributed by atoms with Crippen LogP contribution in [0, 0.1) is 11.8 Å². The van der Waals surface area contributed by atoms with E-state index in [0.717, 1.165) is 9.37 Å². The summed E-state index contributed by atoms with van der Waals surface area (Å²) in [6.45, 7) is 2.34. The molecule has 2 fully saturated rings. The van der Waals surface area contributed by atoms with Gasteiger partial charge in [-0.15, -0.1) is 0 Å². The number of fused-ring (bicyclic) bond motifs is 3. The Morgan fingerprint density at radius 3 is 2.06 bits per heavy atom. The number of ketones is 2. The van der Waals surface area contributed by atoms with E-state index in [9.17, 15) is 19.2 Å². The minimum absolute atomic E-state index is 0.206. The molecular weight excluding hydrogens is 526 g/mol. The van der Waals surface area contributed by atoms with E-state index in [2.05, 4.69) is 15.9 Å². The minimum Gasteiger partial charge on any atom is -0.494 e. The van der Waals surface area contributed by atoms with Gasteiger partial charge in [0, 0.05) is 15.6 Å². The SMILES string of the molecule is CCOc1ccc(N2C(=O)[C@H]3[C@@H](c4ccc(Br)cc4)OC4(C(=O)c5ccccc5C4=O)[C@@H]3C2=O)cc1. The average molecular weight is 546 g/mol. The number of hydrogen-bond acceptors (Lipinski definition) is 6. The summed E-state index contributed by atoms with van der Waals surface area (Å²) in [5.74, 6) is -3.99. The number of amides is 2. The fourth-order valence-electron chi connectivity index (χ4n) is 5.58. The van der Waals surface area contributed by atoms with Gasteiger partial charge < -0.3 is 9.47 Å². The van der Waals surface area contributed by atoms with Crippen molar-refractivity contribution >= 4 is 45.0 Å². The van der Waals surface area contributed by atoms with Crippen LogP contribution in [-0.2, 0) is 14.3 Å². The van der Waals surface area contributed by atoms with E-state index in [-0.39, 0.29) is 11.1 Å². The topological polar surface area (TPSA) is 90.0 Å². The second-order valence-corrected chi connectivity index (χ2v) is 9.89. The zero-order valence-electron chi connectivity index (χ0n) is 19.1. The highest BCUT2D eigenvalue weighted by molar-refractivity contribution is 9.10. The highest BCUT2D eigenvalue weighted by atomic mass is 79.9. The van der Waals surface area contributed by atoms with Gasteiger partial charge in [0.1, 0.15) is 5.75 Å². The van der Waals surface area contributed by atoms with Gasteiger partial charge in [-0.3, -0.25) is 19.2 Å². The molecule has 0 aromatic heterocycles. The predicted octanol–water partition coefficient (Wildman–Crippen LogP) is 4.54. The van der Waals surface area contributed by atoms with Crippen molar-refractivity contribution in [3.8, 4) is 5.75 Å². The summed E-state index contributed by atoms with van der Waals surface area (Å²) in [6, 6.07) is 20.1. The van der Waals surface area contributed by atoms with Gasteiger partial charge in [-0.05, 0) is 48.9 Å². The van der Waals surface area contributed by atoms with Crippen molar-refractivity contribution < 1.29 is 28.7 Å². The summed E-state index contributed by atoms with van der Waals surface area (Å²) in [6.07, 6.45) is -0.950. The number of anilines is 1. The summed E-state index contributed by atoms with van der Waals surface area (Å²) in [7, 11) is 0. The molecule has 8 heteroatoms. The average Bonchev–Trinajstić information content (AvgIpc) is 3.45. The van der Waals surface area contributed by atoms with Gasteiger partial charge in [-0.2, -0.15) is 0 Å². The van der Waals surface area contributed by atoms with Gasteiger partial charge in [0.05, 0.1) is 30.2 Å². The minimum atomic E-state index is -2.08. The van der Waals surface area contributed by atoms with Crippen LogP contribution < -0.4 is 9.64 Å². The van der Waals surface area contributed by atoms with Gasteiger partial charge in [-0.25, -0.2) is 4.90 Å². The molecule has 0 N–H and O–H groups in total. The van der Waals surface area contributed by atoms with Crippen molar-refractivity contribution in [3.63, 3.8) is 0 Å². The fourth-order valence-corrected chi connectivity index (χ4v) is 5.85. The van der Waals surface area contributed by atoms with Crippen LogP contribution in [0.15, 0.2) is 77.3 Å². The Morgan fingerprint density at radius 2 is 1.47 bits per heavy atom. The lowest BCUT2D eigenvalue weighted by Gasteiger charge is -2.27. The van der Waals surface area contributed by atoms with Crippen molar-refractivity contribution in [2.45, 2.75) is 18.6 Å². The third-order valence-electron chi connectivity index (χ3n) is 7.12. The molecular formula is C28H20BrNO6. The molecule has 0 radical (unpaired) electrons. The molecule has 36 heavy (non-hydrogen) atoms. The standard InChI is InChI=1S/C28H20BrNO6/c1-2-35-18-13-11-17(12-14-18)30-26(33)21-22(27(30)34)28(36-23(21)15-7-9-16(29)10-8-15)24(31)19-5-3-4-6-20(19)25(28)32/h3-14,21-23H,2H2,1H3/t21-,22+,23-/m1/s1. The fraction of sp³-hybridized carbons (Fsp3) is 0.214. The zero-order valence-corrected chi connectivity index (χ0v) is 20.7. The quantitative estimate of drug-likeness (QED) is 0.353. The third kappa shape index (κ3) is 3.01. The molecule has 3 atom stereocenters. The molecule has 3 aliphatic rings. The van der Waals surface area contributed by atoms with Gasteiger partial charge in [0.25, 0.3) is 0 Å². The molecule has 1 aliphatic carbocycles. The molecule has 0 bridgehead atoms. The molecule has 0 saturated carbocycles. The molecule has 1 spiro atoms. The van der Waals surface area contributed by atoms with Crippen LogP contribution in [0.4, 0.5) is 5.69 Å². The van der Waals surface area contributed by atoms with Crippen molar-refractivity contribution in [2.75, 3.05) is 11.5 Å². The molecule has 3 aromatic carbocycles. The molecule has 2 heterocycles. The highest BCUT2D eigenvalue weighted by Crippen LogP contribution is 2.57. The largest absolute Gasteiger partial charge is 0.494 e. The maximum absolute atomic E-state index is 13.9. The first-order chi connectivity index (χ1) is 17.4. The molecule has 2 saturated heterocycles. The summed E-state index contributed by atoms with van der Waals surface area (Å²) in [5, 5.41) is 0. The number of carbonyl (C=O) groups is 4. The Balaban J connectivity index is 1.49. The summed E-state index contributed by atoms with van der Waals surface area (Å²) >= 11 is 3.40. The Kier molecular flexibility index (Phi) is 5.21. The van der Waals surface area contributed by atoms with Crippen LogP contribution in [0.3, 0.4) is 0 Å². The first-order valence-electron chi connectivity index (χ1n) is 11.6. The van der Waals surface area contributed by atoms with Gasteiger partial charge in [0.15, 0.2) is 0 Å². The smallest absolute Gasteiger partial charge is 0.241 e. The van der Waals surface area contributed by atoms with E-state index < -0.39 is 46.9 Å². The second-order valence-electron chi connectivity index (χ2n) is 8.97. The normalized spacial score (nSPS) is 23.9. The van der Waals surface area contributed by atoms with E-state index in [1.807, 2.05) is 6.92 Å². The van der Waals surface area contributed by atoms with Crippen molar-refractivity contribution in [2.24, 2.45) is 11.8 Å². The molecule has 6 rings (SSSR count). The number of Topliss-reactive ketones (excluding diaryl/α,β-unsaturated/α-hetero) is 2. The molecule has 3 aromatic rings. The van der Waals surface area contributed by atoms with Crippen LogP contribution in [0.2, 0.25) is 0 Å². The Hall–Kier alpha value is -3.62. The number of halogens is 1. The Morgan fingerprint density at radius 1 is 0.861 bits per heavy atom. The lowest BCUT2D eigenvalue weighted by Crippen LogP contribution is -2.51. The zero-order chi connectivity index (χ0) is 25.2. The maximum Gasteiger partial charge on any atom is 0.241 e. The van der Waals surface area contributed by atoms with Crippen molar-refractivity contribution in [1.82, 2.24) is 0 Å². The Bertz CT molecular complexity index is 1400. The van der Waals surface area contributed by atoms with Crippen LogP contribution in [0.1, 0.15) is 39.3 Å². The first-order valence-corrected chi connectivity index (χ1v) is 12.4. The molecule has 2 aliphatic heterocycles. The Labute approximate surface area is 215 Å². The summed E-state index contributed by atoms with van der Waals surface area (Å²) < 4.78 is 12.6. The predicted molar refractivity (Wildman–Crippen MR) is 133 cm³/mol. The first kappa shape index (κ1) is 22.8. The number of carbonyl (C=O) groups excluding carboxylic acids is 4. The van der Waals surface area contributed by atoms with Crippen molar-refractivity contribution in [1.29, 1.82) is 0 Å². The van der Waals surface area contributed by atoms with Gasteiger partial charge >= 0.3 is 0 Å². The third-order valence-corrected chi connectivity index (χ3v) is 7.65. The highest BCUT2D eigenvalue weighted by Gasteiger charge is 2.74. The van der Waals surface area contributed by atoms with E-state index in [0.29, 0.717) is 23.6 Å². The number of nitrogens with zero attached hydrogens (tertiary/aromatic N) is 1. The monoisotopic (exact) mass is 545 g/mol. The van der Waals surface area contributed by atoms with E-state index >= 15 is 0 Å². The number of ether oxygens (including phenoxy) is 2. The lowest BCUT2D eigenvalue weighted by molar-refractivity contribution is -0.127. The number of benzene rings is 3. The van der Waals surface area contributed by atoms with Crippen LogP contribution >= 0.6 is 15.9 Å². The molecule has 7 nitrogen and oxygen atoms in total. The molecule has 2 amide bonds. The van der Waals surface area contributed by atoms with E-state index in [4.69, 9.17) is 9.47 Å². The lowest BCUT2D eigenvalue weighted by atomic mass is 9.77. The summed E-state index contributed by atoms with van der Waals surface area (Å²) in [4.78, 5) is 56.4. The van der Waals surface area contributed by atoms with Crippen LogP contribution in [0.5, 0.6) is 5.75 Å². The summed E-state index contributed by atoms with van der Waals surface area (Å²) in [5.41, 5.74) is -0.715. The molecule has 0 unspecified atom stereocenters. The van der Waals surface area contributed by atoms with Gasteiger partial charge in [-0.1, -0.05) is 52.3 Å².